The molecule has 0 saturated carbocycles. The van der Waals surface area contributed by atoms with Gasteiger partial charge in [-0.05, 0) is 36.4 Å². The topological polar surface area (TPSA) is 38.9 Å². The predicted octanol–water partition coefficient (Wildman–Crippen LogP) is 3.45. The lowest BCUT2D eigenvalue weighted by atomic mass is 10.4. The number of halogens is 1. The van der Waals surface area contributed by atoms with Gasteiger partial charge in [0.2, 0.25) is 0 Å². The summed E-state index contributed by atoms with van der Waals surface area (Å²) in [5.74, 6) is 0. The molecule has 1 aromatic heterocycles. The Kier molecular flexibility index (Phi) is 3.98. The second-order valence-electron chi connectivity index (χ2n) is 3.23. The highest BCUT2D eigenvalue weighted by molar-refractivity contribution is 9.10. The largest absolute Gasteiger partial charge is 0.325 e. The average Bonchev–Trinajstić information content (AvgIpc) is 2.32. The fourth-order valence-corrected chi connectivity index (χ4v) is 2.34. The molecule has 0 spiro atoms. The summed E-state index contributed by atoms with van der Waals surface area (Å²) in [6, 6.07) is 14.1. The summed E-state index contributed by atoms with van der Waals surface area (Å²) < 4.78 is 1.08. The lowest BCUT2D eigenvalue weighted by Crippen LogP contribution is -1.99. The Bertz CT molecular complexity index is 471. The SMILES string of the molecule is NCc1cccc(Sc2ccc(Br)cc2)n1. The minimum Gasteiger partial charge on any atom is -0.325 e. The molecule has 16 heavy (non-hydrogen) atoms. The van der Waals surface area contributed by atoms with Crippen molar-refractivity contribution in [3.8, 4) is 0 Å². The molecule has 2 rings (SSSR count). The average molecular weight is 295 g/mol. The third-order valence-corrected chi connectivity index (χ3v) is 3.50. The van der Waals surface area contributed by atoms with Gasteiger partial charge in [0.1, 0.15) is 5.03 Å². The van der Waals surface area contributed by atoms with Gasteiger partial charge in [0.15, 0.2) is 0 Å². The van der Waals surface area contributed by atoms with Gasteiger partial charge in [0.25, 0.3) is 0 Å². The van der Waals surface area contributed by atoms with Crippen molar-refractivity contribution in [2.75, 3.05) is 0 Å². The Morgan fingerprint density at radius 2 is 1.88 bits per heavy atom. The van der Waals surface area contributed by atoms with Crippen molar-refractivity contribution in [1.29, 1.82) is 0 Å². The molecule has 82 valence electrons. The molecule has 0 unspecified atom stereocenters. The van der Waals surface area contributed by atoms with Gasteiger partial charge < -0.3 is 5.73 Å². The summed E-state index contributed by atoms with van der Waals surface area (Å²) in [5.41, 5.74) is 6.47. The van der Waals surface area contributed by atoms with Crippen LogP contribution in [0.25, 0.3) is 0 Å². The van der Waals surface area contributed by atoms with E-state index >= 15 is 0 Å². The fourth-order valence-electron chi connectivity index (χ4n) is 1.25. The predicted molar refractivity (Wildman–Crippen MR) is 70.4 cm³/mol. The van der Waals surface area contributed by atoms with Gasteiger partial charge >= 0.3 is 0 Å². The van der Waals surface area contributed by atoms with Gasteiger partial charge in [-0.3, -0.25) is 0 Å². The smallest absolute Gasteiger partial charge is 0.101 e. The number of hydrogen-bond acceptors (Lipinski definition) is 3. The minimum atomic E-state index is 0.481. The zero-order valence-corrected chi connectivity index (χ0v) is 11.0. The molecule has 0 amide bonds. The van der Waals surface area contributed by atoms with Crippen molar-refractivity contribution in [3.63, 3.8) is 0 Å². The van der Waals surface area contributed by atoms with E-state index in [-0.39, 0.29) is 0 Å². The van der Waals surface area contributed by atoms with Crippen LogP contribution in [0.2, 0.25) is 0 Å². The number of rotatable bonds is 3. The molecule has 0 bridgehead atoms. The first-order valence-corrected chi connectivity index (χ1v) is 6.48. The number of pyridine rings is 1. The molecular weight excluding hydrogens is 284 g/mol. The van der Waals surface area contributed by atoms with Crippen LogP contribution in [0.3, 0.4) is 0 Å². The van der Waals surface area contributed by atoms with Gasteiger partial charge in [0.05, 0.1) is 5.69 Å². The van der Waals surface area contributed by atoms with Crippen LogP contribution in [0.15, 0.2) is 56.9 Å². The van der Waals surface area contributed by atoms with E-state index < -0.39 is 0 Å². The molecule has 2 aromatic rings. The quantitative estimate of drug-likeness (QED) is 0.942. The summed E-state index contributed by atoms with van der Waals surface area (Å²) in [4.78, 5) is 5.61. The van der Waals surface area contributed by atoms with Crippen molar-refractivity contribution in [1.82, 2.24) is 4.98 Å². The Balaban J connectivity index is 2.16. The number of benzene rings is 1. The van der Waals surface area contributed by atoms with Crippen molar-refractivity contribution in [3.05, 3.63) is 52.6 Å². The molecule has 0 saturated heterocycles. The van der Waals surface area contributed by atoms with E-state index in [0.717, 1.165) is 15.2 Å². The van der Waals surface area contributed by atoms with Gasteiger partial charge in [-0.15, -0.1) is 0 Å². The minimum absolute atomic E-state index is 0.481. The van der Waals surface area contributed by atoms with Gasteiger partial charge in [0, 0.05) is 15.9 Å². The Hall–Kier alpha value is -0.840. The van der Waals surface area contributed by atoms with E-state index in [9.17, 15) is 0 Å². The maximum absolute atomic E-state index is 5.55. The van der Waals surface area contributed by atoms with Crippen LogP contribution in [-0.4, -0.2) is 4.98 Å². The molecule has 0 aliphatic heterocycles. The summed E-state index contributed by atoms with van der Waals surface area (Å²) in [6.45, 7) is 0.481. The Morgan fingerprint density at radius 1 is 1.12 bits per heavy atom. The van der Waals surface area contributed by atoms with Crippen molar-refractivity contribution < 1.29 is 0 Å². The maximum atomic E-state index is 5.55. The molecule has 2 nitrogen and oxygen atoms in total. The second kappa shape index (κ2) is 5.48. The van der Waals surface area contributed by atoms with Gasteiger partial charge in [-0.2, -0.15) is 0 Å². The molecular formula is C12H11BrN2S. The third-order valence-electron chi connectivity index (χ3n) is 2.03. The van der Waals surface area contributed by atoms with Crippen LogP contribution >= 0.6 is 27.7 Å². The third kappa shape index (κ3) is 3.07. The molecule has 4 heteroatoms. The van der Waals surface area contributed by atoms with E-state index in [2.05, 4.69) is 33.0 Å². The van der Waals surface area contributed by atoms with Crippen molar-refractivity contribution in [2.24, 2.45) is 5.73 Å². The molecule has 0 fully saturated rings. The van der Waals surface area contributed by atoms with E-state index in [0.29, 0.717) is 6.54 Å². The molecule has 0 radical (unpaired) electrons. The highest BCUT2D eigenvalue weighted by Gasteiger charge is 1.99. The standard InChI is InChI=1S/C12H11BrN2S/c13-9-4-6-11(7-5-9)16-12-3-1-2-10(8-14)15-12/h1-7H,8,14H2. The van der Waals surface area contributed by atoms with Crippen molar-refractivity contribution in [2.45, 2.75) is 16.5 Å². The van der Waals surface area contributed by atoms with E-state index in [4.69, 9.17) is 5.73 Å². The summed E-state index contributed by atoms with van der Waals surface area (Å²) >= 11 is 5.05. The molecule has 0 aliphatic rings. The number of hydrogen-bond donors (Lipinski definition) is 1. The molecule has 2 N–H and O–H groups in total. The molecule has 1 aromatic carbocycles. The van der Waals surface area contributed by atoms with Crippen LogP contribution in [0, 0.1) is 0 Å². The van der Waals surface area contributed by atoms with E-state index in [1.807, 2.05) is 30.3 Å². The number of nitrogens with zero attached hydrogens (tertiary/aromatic N) is 1. The lowest BCUT2D eigenvalue weighted by Gasteiger charge is -2.02. The first-order valence-electron chi connectivity index (χ1n) is 4.87. The maximum Gasteiger partial charge on any atom is 0.101 e. The zero-order valence-electron chi connectivity index (χ0n) is 8.56. The van der Waals surface area contributed by atoms with Crippen LogP contribution in [0.1, 0.15) is 5.69 Å². The molecule has 0 atom stereocenters. The summed E-state index contributed by atoms with van der Waals surface area (Å²) in [6.07, 6.45) is 0. The fraction of sp³-hybridized carbons (Fsp3) is 0.0833. The highest BCUT2D eigenvalue weighted by atomic mass is 79.9. The first kappa shape index (κ1) is 11.6. The molecule has 1 heterocycles. The van der Waals surface area contributed by atoms with Crippen molar-refractivity contribution >= 4 is 27.7 Å². The Morgan fingerprint density at radius 3 is 2.56 bits per heavy atom. The number of nitrogens with two attached hydrogens (primary N) is 1. The highest BCUT2D eigenvalue weighted by Crippen LogP contribution is 2.27. The van der Waals surface area contributed by atoms with Crippen LogP contribution in [-0.2, 0) is 6.54 Å². The Labute approximate surface area is 107 Å². The monoisotopic (exact) mass is 294 g/mol. The molecule has 0 aliphatic carbocycles. The normalized spacial score (nSPS) is 10.4. The lowest BCUT2D eigenvalue weighted by molar-refractivity contribution is 0.942. The summed E-state index contributed by atoms with van der Waals surface area (Å²) in [5, 5.41) is 0.977. The van der Waals surface area contributed by atoms with Crippen LogP contribution in [0.5, 0.6) is 0 Å². The first-order chi connectivity index (χ1) is 7.78. The van der Waals surface area contributed by atoms with Gasteiger partial charge in [-0.1, -0.05) is 33.8 Å². The van der Waals surface area contributed by atoms with Crippen LogP contribution in [0.4, 0.5) is 0 Å². The van der Waals surface area contributed by atoms with Crippen LogP contribution < -0.4 is 5.73 Å². The summed E-state index contributed by atoms with van der Waals surface area (Å²) in [7, 11) is 0. The number of aromatic nitrogens is 1. The van der Waals surface area contributed by atoms with Gasteiger partial charge in [-0.25, -0.2) is 4.98 Å². The second-order valence-corrected chi connectivity index (χ2v) is 5.24. The van der Waals surface area contributed by atoms with E-state index in [1.54, 1.807) is 11.8 Å². The van der Waals surface area contributed by atoms with E-state index in [1.165, 1.54) is 4.90 Å². The zero-order chi connectivity index (χ0) is 11.4.